The van der Waals surface area contributed by atoms with Crippen LogP contribution in [0.1, 0.15) is 47.1 Å². The molecule has 4 rings (SSSR count). The third kappa shape index (κ3) is 3.51. The van der Waals surface area contributed by atoms with Gasteiger partial charge in [-0.1, -0.05) is 12.1 Å². The summed E-state index contributed by atoms with van der Waals surface area (Å²) < 4.78 is 1.80. The molecule has 0 atom stereocenters. The maximum Gasteiger partial charge on any atom is 0.253 e. The van der Waals surface area contributed by atoms with Crippen LogP contribution in [0.4, 0.5) is 0 Å². The number of carbonyl (C=O) groups excluding carboxylic acids is 1. The maximum absolute atomic E-state index is 12.9. The van der Waals surface area contributed by atoms with Gasteiger partial charge in [-0.2, -0.15) is 5.10 Å². The molecule has 1 amide bonds. The van der Waals surface area contributed by atoms with Gasteiger partial charge in [0.05, 0.1) is 17.1 Å². The van der Waals surface area contributed by atoms with Crippen LogP contribution in [0, 0.1) is 13.8 Å². The van der Waals surface area contributed by atoms with Crippen molar-refractivity contribution in [3.05, 3.63) is 69.3 Å². The number of pyridine rings is 2. The number of hydrogen-bond donors (Lipinski definition) is 2. The number of rotatable bonds is 4. The molecule has 29 heavy (non-hydrogen) atoms. The van der Waals surface area contributed by atoms with Gasteiger partial charge in [-0.3, -0.25) is 9.59 Å². The van der Waals surface area contributed by atoms with E-state index in [9.17, 15) is 9.59 Å². The van der Waals surface area contributed by atoms with E-state index in [0.717, 1.165) is 22.2 Å². The summed E-state index contributed by atoms with van der Waals surface area (Å²) in [6, 6.07) is 9.59. The van der Waals surface area contributed by atoms with Crippen LogP contribution in [-0.4, -0.2) is 25.7 Å². The largest absolute Gasteiger partial charge is 0.348 e. The van der Waals surface area contributed by atoms with Crippen LogP contribution in [0.2, 0.25) is 0 Å². The van der Waals surface area contributed by atoms with E-state index in [4.69, 9.17) is 0 Å². The molecule has 7 nitrogen and oxygen atoms in total. The Morgan fingerprint density at radius 1 is 1.21 bits per heavy atom. The van der Waals surface area contributed by atoms with Crippen LogP contribution in [0.5, 0.6) is 0 Å². The summed E-state index contributed by atoms with van der Waals surface area (Å²) >= 11 is 0. The first-order valence-corrected chi connectivity index (χ1v) is 9.59. The first-order valence-electron chi connectivity index (χ1n) is 9.59. The minimum atomic E-state index is -0.257. The Morgan fingerprint density at radius 2 is 2.00 bits per heavy atom. The number of H-pyrrole nitrogens is 1. The van der Waals surface area contributed by atoms with E-state index < -0.39 is 0 Å². The minimum Gasteiger partial charge on any atom is -0.348 e. The highest BCUT2D eigenvalue weighted by atomic mass is 16.1. The van der Waals surface area contributed by atoms with Crippen molar-refractivity contribution in [3.8, 4) is 0 Å². The highest BCUT2D eigenvalue weighted by molar-refractivity contribution is 6.05. The molecule has 0 saturated carbocycles. The Hall–Kier alpha value is -3.48. The SMILES string of the molecule is Cc1ccc2cc(CNC(=O)c3cc(C)nc4c3cnn4C(C)C)c(=O)[nH]c2c1. The van der Waals surface area contributed by atoms with E-state index in [1.165, 1.54) is 0 Å². The fourth-order valence-electron chi connectivity index (χ4n) is 3.47. The number of aromatic nitrogens is 4. The van der Waals surface area contributed by atoms with Gasteiger partial charge >= 0.3 is 0 Å². The third-order valence-corrected chi connectivity index (χ3v) is 4.95. The number of carbonyl (C=O) groups is 1. The lowest BCUT2D eigenvalue weighted by Gasteiger charge is -2.10. The van der Waals surface area contributed by atoms with Crippen molar-refractivity contribution in [2.75, 3.05) is 0 Å². The number of aryl methyl sites for hydroxylation is 2. The lowest BCUT2D eigenvalue weighted by molar-refractivity contribution is 0.0952. The fourth-order valence-corrected chi connectivity index (χ4v) is 3.47. The molecule has 0 aliphatic carbocycles. The smallest absolute Gasteiger partial charge is 0.253 e. The van der Waals surface area contributed by atoms with Gasteiger partial charge in [-0.05, 0) is 56.8 Å². The topological polar surface area (TPSA) is 92.7 Å². The summed E-state index contributed by atoms with van der Waals surface area (Å²) in [5.74, 6) is -0.257. The monoisotopic (exact) mass is 389 g/mol. The van der Waals surface area contributed by atoms with Crippen LogP contribution in [-0.2, 0) is 6.54 Å². The highest BCUT2D eigenvalue weighted by Gasteiger charge is 2.17. The molecule has 0 saturated heterocycles. The maximum atomic E-state index is 12.9. The Kier molecular flexibility index (Phi) is 4.66. The van der Waals surface area contributed by atoms with Crippen LogP contribution >= 0.6 is 0 Å². The molecule has 0 aliphatic heterocycles. The summed E-state index contributed by atoms with van der Waals surface area (Å²) in [5, 5.41) is 8.87. The molecule has 7 heteroatoms. The first-order chi connectivity index (χ1) is 13.8. The number of fused-ring (bicyclic) bond motifs is 2. The number of nitrogens with one attached hydrogen (secondary N) is 2. The Morgan fingerprint density at radius 3 is 2.76 bits per heavy atom. The quantitative estimate of drug-likeness (QED) is 0.559. The number of benzene rings is 1. The average molecular weight is 389 g/mol. The summed E-state index contributed by atoms with van der Waals surface area (Å²) in [4.78, 5) is 32.7. The van der Waals surface area contributed by atoms with Crippen LogP contribution in [0.3, 0.4) is 0 Å². The van der Waals surface area contributed by atoms with Gasteiger partial charge in [-0.15, -0.1) is 0 Å². The molecule has 1 aromatic carbocycles. The van der Waals surface area contributed by atoms with E-state index in [-0.39, 0.29) is 24.1 Å². The first kappa shape index (κ1) is 18.9. The molecule has 3 heterocycles. The summed E-state index contributed by atoms with van der Waals surface area (Å²) in [6.07, 6.45) is 1.67. The van der Waals surface area contributed by atoms with E-state index in [0.29, 0.717) is 22.2 Å². The molecule has 0 spiro atoms. The molecule has 0 unspecified atom stereocenters. The van der Waals surface area contributed by atoms with Crippen molar-refractivity contribution >= 4 is 27.8 Å². The normalized spacial score (nSPS) is 11.5. The second-order valence-electron chi connectivity index (χ2n) is 7.63. The van der Waals surface area contributed by atoms with Gasteiger partial charge in [0.15, 0.2) is 5.65 Å². The van der Waals surface area contributed by atoms with Gasteiger partial charge < -0.3 is 10.3 Å². The zero-order valence-corrected chi connectivity index (χ0v) is 16.9. The summed E-state index contributed by atoms with van der Waals surface area (Å²) in [7, 11) is 0. The molecule has 2 N–H and O–H groups in total. The predicted octanol–water partition coefficient (Wildman–Crippen LogP) is 3.40. The molecular formula is C22H23N5O2. The third-order valence-electron chi connectivity index (χ3n) is 4.95. The van der Waals surface area contributed by atoms with Gasteiger partial charge in [0.1, 0.15) is 0 Å². The van der Waals surface area contributed by atoms with Crippen molar-refractivity contribution in [2.45, 2.75) is 40.3 Å². The van der Waals surface area contributed by atoms with Crippen molar-refractivity contribution in [3.63, 3.8) is 0 Å². The summed E-state index contributed by atoms with van der Waals surface area (Å²) in [5.41, 5.74) is 4.10. The molecule has 3 aromatic heterocycles. The Balaban J connectivity index is 1.64. The molecule has 148 valence electrons. The standard InChI is InChI=1S/C22H23N5O2/c1-12(2)27-20-18(11-24-27)17(8-14(4)25-20)22(29)23-10-16-9-15-6-5-13(3)7-19(15)26-21(16)28/h5-9,11-12H,10H2,1-4H3,(H,23,29)(H,26,28). The molecule has 0 fully saturated rings. The fraction of sp³-hybridized carbons (Fsp3) is 0.273. The summed E-state index contributed by atoms with van der Waals surface area (Å²) in [6.45, 7) is 8.00. The molecule has 0 aliphatic rings. The molecule has 4 aromatic rings. The Bertz CT molecular complexity index is 1300. The zero-order chi connectivity index (χ0) is 20.7. The van der Waals surface area contributed by atoms with E-state index in [1.54, 1.807) is 16.9 Å². The average Bonchev–Trinajstić information content (AvgIpc) is 3.09. The zero-order valence-electron chi connectivity index (χ0n) is 16.9. The van der Waals surface area contributed by atoms with Crippen molar-refractivity contribution in [1.29, 1.82) is 0 Å². The van der Waals surface area contributed by atoms with Gasteiger partial charge in [0.25, 0.3) is 11.5 Å². The van der Waals surface area contributed by atoms with Crippen LogP contribution in [0.15, 0.2) is 41.3 Å². The number of nitrogens with zero attached hydrogens (tertiary/aromatic N) is 3. The van der Waals surface area contributed by atoms with Gasteiger partial charge in [-0.25, -0.2) is 9.67 Å². The van der Waals surface area contributed by atoms with Crippen molar-refractivity contribution in [1.82, 2.24) is 25.1 Å². The lowest BCUT2D eigenvalue weighted by atomic mass is 10.1. The second kappa shape index (κ2) is 7.16. The number of aromatic amines is 1. The second-order valence-corrected chi connectivity index (χ2v) is 7.63. The van der Waals surface area contributed by atoms with Crippen LogP contribution < -0.4 is 10.9 Å². The highest BCUT2D eigenvalue weighted by Crippen LogP contribution is 2.21. The lowest BCUT2D eigenvalue weighted by Crippen LogP contribution is -2.27. The van der Waals surface area contributed by atoms with Gasteiger partial charge in [0.2, 0.25) is 0 Å². The number of hydrogen-bond acceptors (Lipinski definition) is 4. The minimum absolute atomic E-state index is 0.137. The molecule has 0 bridgehead atoms. The van der Waals surface area contributed by atoms with E-state index >= 15 is 0 Å². The van der Waals surface area contributed by atoms with Crippen molar-refractivity contribution < 1.29 is 4.79 Å². The molecular weight excluding hydrogens is 366 g/mol. The van der Waals surface area contributed by atoms with Gasteiger partial charge in [0, 0.05) is 29.4 Å². The molecule has 0 radical (unpaired) electrons. The van der Waals surface area contributed by atoms with Crippen molar-refractivity contribution in [2.24, 2.45) is 0 Å². The predicted molar refractivity (Wildman–Crippen MR) is 113 cm³/mol. The van der Waals surface area contributed by atoms with E-state index in [2.05, 4.69) is 20.4 Å². The Labute approximate surface area is 167 Å². The van der Waals surface area contributed by atoms with E-state index in [1.807, 2.05) is 52.0 Å². The van der Waals surface area contributed by atoms with Crippen LogP contribution in [0.25, 0.3) is 21.9 Å². The number of amides is 1.